The number of thioether (sulfide) groups is 1. The van der Waals surface area contributed by atoms with Crippen molar-refractivity contribution in [3.8, 4) is 0 Å². The molecule has 0 bridgehead atoms. The molecule has 4 nitrogen and oxygen atoms in total. The molecule has 7 heteroatoms. The average Bonchev–Trinajstić information content (AvgIpc) is 2.83. The fourth-order valence-corrected chi connectivity index (χ4v) is 4.90. The fourth-order valence-electron chi connectivity index (χ4n) is 3.59. The third-order valence-corrected chi connectivity index (χ3v) is 7.08. The van der Waals surface area contributed by atoms with Crippen molar-refractivity contribution in [2.75, 3.05) is 12.8 Å². The molecule has 0 saturated heterocycles. The first-order valence-electron chi connectivity index (χ1n) is 11.1. The SMILES string of the molecule is CNC(=O)[C@@H](Cc1ccccc1)N(Cc1ccc(Cl)cc1Cl)C(=O)CCSc1ccc(C)cc1. The van der Waals surface area contributed by atoms with Crippen LogP contribution in [0.15, 0.2) is 77.7 Å². The second-order valence-electron chi connectivity index (χ2n) is 7.99. The number of hydrogen-bond donors (Lipinski definition) is 1. The highest BCUT2D eigenvalue weighted by atomic mass is 35.5. The number of carbonyl (C=O) groups is 2. The highest BCUT2D eigenvalue weighted by Crippen LogP contribution is 2.25. The first-order chi connectivity index (χ1) is 16.4. The molecule has 0 heterocycles. The van der Waals surface area contributed by atoms with Gasteiger partial charge in [-0.15, -0.1) is 11.8 Å². The van der Waals surface area contributed by atoms with Gasteiger partial charge in [-0.25, -0.2) is 0 Å². The van der Waals surface area contributed by atoms with Crippen molar-refractivity contribution < 1.29 is 9.59 Å². The predicted molar refractivity (Wildman–Crippen MR) is 142 cm³/mol. The monoisotopic (exact) mass is 514 g/mol. The number of benzene rings is 3. The van der Waals surface area contributed by atoms with Crippen molar-refractivity contribution in [1.82, 2.24) is 10.2 Å². The zero-order valence-electron chi connectivity index (χ0n) is 19.3. The molecule has 3 aromatic rings. The molecule has 0 radical (unpaired) electrons. The second-order valence-corrected chi connectivity index (χ2v) is 10.0. The topological polar surface area (TPSA) is 49.4 Å². The quantitative estimate of drug-likeness (QED) is 0.329. The number of halogens is 2. The van der Waals surface area contributed by atoms with Crippen LogP contribution >= 0.6 is 35.0 Å². The fraction of sp³-hybridized carbons (Fsp3) is 0.259. The van der Waals surface area contributed by atoms with Gasteiger partial charge in [0, 0.05) is 47.1 Å². The van der Waals surface area contributed by atoms with E-state index in [1.54, 1.807) is 41.9 Å². The van der Waals surface area contributed by atoms with Crippen molar-refractivity contribution in [1.29, 1.82) is 0 Å². The third-order valence-electron chi connectivity index (χ3n) is 5.48. The average molecular weight is 516 g/mol. The highest BCUT2D eigenvalue weighted by Gasteiger charge is 2.30. The van der Waals surface area contributed by atoms with Crippen LogP contribution in [0.2, 0.25) is 10.0 Å². The van der Waals surface area contributed by atoms with Crippen LogP contribution in [0.3, 0.4) is 0 Å². The second kappa shape index (κ2) is 12.8. The molecule has 0 spiro atoms. The molecule has 0 unspecified atom stereocenters. The summed E-state index contributed by atoms with van der Waals surface area (Å²) in [7, 11) is 1.59. The Labute approximate surface area is 215 Å². The van der Waals surface area contributed by atoms with E-state index < -0.39 is 6.04 Å². The molecule has 0 fully saturated rings. The van der Waals surface area contributed by atoms with Crippen molar-refractivity contribution in [3.63, 3.8) is 0 Å². The molecule has 0 saturated carbocycles. The van der Waals surface area contributed by atoms with E-state index in [1.165, 1.54) is 5.56 Å². The van der Waals surface area contributed by atoms with Gasteiger partial charge in [0.05, 0.1) is 0 Å². The van der Waals surface area contributed by atoms with Gasteiger partial charge < -0.3 is 10.2 Å². The molecular weight excluding hydrogens is 487 g/mol. The highest BCUT2D eigenvalue weighted by molar-refractivity contribution is 7.99. The summed E-state index contributed by atoms with van der Waals surface area (Å²) >= 11 is 14.1. The smallest absolute Gasteiger partial charge is 0.242 e. The zero-order valence-corrected chi connectivity index (χ0v) is 21.6. The van der Waals surface area contributed by atoms with Gasteiger partial charge in [0.1, 0.15) is 6.04 Å². The molecule has 178 valence electrons. The molecule has 3 rings (SSSR count). The van der Waals surface area contributed by atoms with Gasteiger partial charge in [-0.05, 0) is 42.3 Å². The number of hydrogen-bond acceptors (Lipinski definition) is 3. The number of amides is 2. The standard InChI is InChI=1S/C27H28Cl2N2O2S/c1-19-8-12-23(13-9-19)34-15-14-26(32)31(18-21-10-11-22(28)17-24(21)29)25(27(33)30-2)16-20-6-4-3-5-7-20/h3-13,17,25H,14-16,18H2,1-2H3,(H,30,33)/t25-/m1/s1. The van der Waals surface area contributed by atoms with E-state index in [1.807, 2.05) is 37.3 Å². The minimum Gasteiger partial charge on any atom is -0.357 e. The number of nitrogens with zero attached hydrogens (tertiary/aromatic N) is 1. The molecule has 2 amide bonds. The molecule has 0 aromatic heterocycles. The maximum absolute atomic E-state index is 13.5. The molecule has 0 aliphatic heterocycles. The minimum atomic E-state index is -0.670. The summed E-state index contributed by atoms with van der Waals surface area (Å²) in [5.41, 5.74) is 2.92. The molecular formula is C27H28Cl2N2O2S. The van der Waals surface area contributed by atoms with Gasteiger partial charge in [-0.2, -0.15) is 0 Å². The molecule has 34 heavy (non-hydrogen) atoms. The van der Waals surface area contributed by atoms with Crippen molar-refractivity contribution in [3.05, 3.63) is 99.5 Å². The zero-order chi connectivity index (χ0) is 24.5. The molecule has 3 aromatic carbocycles. The van der Waals surface area contributed by atoms with Crippen LogP contribution in [-0.4, -0.2) is 35.6 Å². The third kappa shape index (κ3) is 7.52. The summed E-state index contributed by atoms with van der Waals surface area (Å²) in [6.45, 7) is 2.26. The Hall–Kier alpha value is -2.47. The van der Waals surface area contributed by atoms with Crippen LogP contribution < -0.4 is 5.32 Å². The Morgan fingerprint density at radius 1 is 1.00 bits per heavy atom. The number of rotatable bonds is 10. The van der Waals surface area contributed by atoms with Gasteiger partial charge in [0.2, 0.25) is 11.8 Å². The summed E-state index contributed by atoms with van der Waals surface area (Å²) in [5, 5.41) is 3.71. The van der Waals surface area contributed by atoms with Crippen LogP contribution in [0.25, 0.3) is 0 Å². The molecule has 0 aliphatic carbocycles. The van der Waals surface area contributed by atoms with E-state index in [0.29, 0.717) is 28.6 Å². The van der Waals surface area contributed by atoms with Crippen LogP contribution in [0.5, 0.6) is 0 Å². The van der Waals surface area contributed by atoms with Crippen LogP contribution in [0.4, 0.5) is 0 Å². The van der Waals surface area contributed by atoms with E-state index in [0.717, 1.165) is 16.0 Å². The number of nitrogens with one attached hydrogen (secondary N) is 1. The number of aryl methyl sites for hydroxylation is 1. The molecule has 1 atom stereocenters. The lowest BCUT2D eigenvalue weighted by Gasteiger charge is -2.31. The Kier molecular flexibility index (Phi) is 9.87. The summed E-state index contributed by atoms with van der Waals surface area (Å²) < 4.78 is 0. The Morgan fingerprint density at radius 2 is 1.71 bits per heavy atom. The van der Waals surface area contributed by atoms with Crippen molar-refractivity contribution in [2.45, 2.75) is 37.2 Å². The normalized spacial score (nSPS) is 11.6. The van der Waals surface area contributed by atoms with E-state index >= 15 is 0 Å². The molecule has 0 aliphatic rings. The summed E-state index contributed by atoms with van der Waals surface area (Å²) in [5.74, 6) is 0.294. The number of likely N-dealkylation sites (N-methyl/N-ethyl adjacent to an activating group) is 1. The van der Waals surface area contributed by atoms with Crippen LogP contribution in [-0.2, 0) is 22.6 Å². The lowest BCUT2D eigenvalue weighted by Crippen LogP contribution is -2.49. The van der Waals surface area contributed by atoms with E-state index in [-0.39, 0.29) is 18.4 Å². The first kappa shape index (κ1) is 26.1. The molecule has 1 N–H and O–H groups in total. The lowest BCUT2D eigenvalue weighted by molar-refractivity contribution is -0.140. The van der Waals surface area contributed by atoms with Gasteiger partial charge in [-0.3, -0.25) is 9.59 Å². The number of carbonyl (C=O) groups excluding carboxylic acids is 2. The van der Waals surface area contributed by atoms with E-state index in [4.69, 9.17) is 23.2 Å². The van der Waals surface area contributed by atoms with Crippen molar-refractivity contribution >= 4 is 46.8 Å². The first-order valence-corrected chi connectivity index (χ1v) is 12.8. The summed E-state index contributed by atoms with van der Waals surface area (Å²) in [4.78, 5) is 29.2. The van der Waals surface area contributed by atoms with Crippen LogP contribution in [0, 0.1) is 6.92 Å². The van der Waals surface area contributed by atoms with E-state index in [2.05, 4.69) is 29.6 Å². The maximum atomic E-state index is 13.5. The Balaban J connectivity index is 1.83. The van der Waals surface area contributed by atoms with Gasteiger partial charge in [0.25, 0.3) is 0 Å². The largest absolute Gasteiger partial charge is 0.357 e. The summed E-state index contributed by atoms with van der Waals surface area (Å²) in [6, 6.07) is 22.4. The van der Waals surface area contributed by atoms with Crippen molar-refractivity contribution in [2.24, 2.45) is 0 Å². The predicted octanol–water partition coefficient (Wildman–Crippen LogP) is 6.17. The van der Waals surface area contributed by atoms with Gasteiger partial charge in [0.15, 0.2) is 0 Å². The van der Waals surface area contributed by atoms with Gasteiger partial charge in [-0.1, -0.05) is 77.3 Å². The summed E-state index contributed by atoms with van der Waals surface area (Å²) in [6.07, 6.45) is 0.703. The van der Waals surface area contributed by atoms with Crippen LogP contribution in [0.1, 0.15) is 23.1 Å². The van der Waals surface area contributed by atoms with Gasteiger partial charge >= 0.3 is 0 Å². The lowest BCUT2D eigenvalue weighted by atomic mass is 10.0. The minimum absolute atomic E-state index is 0.102. The Bertz CT molecular complexity index is 1110. The maximum Gasteiger partial charge on any atom is 0.242 e. The van der Waals surface area contributed by atoms with E-state index in [9.17, 15) is 9.59 Å². The Morgan fingerprint density at radius 3 is 2.35 bits per heavy atom.